The van der Waals surface area contributed by atoms with Crippen molar-refractivity contribution in [3.8, 4) is 0 Å². The van der Waals surface area contributed by atoms with Crippen LogP contribution in [0, 0.1) is 11.8 Å². The van der Waals surface area contributed by atoms with E-state index in [1.165, 1.54) is 0 Å². The molecule has 0 aromatic rings. The summed E-state index contributed by atoms with van der Waals surface area (Å²) in [7, 11) is 0. The maximum absolute atomic E-state index is 12.3. The second-order valence-electron chi connectivity index (χ2n) is 6.44. The Morgan fingerprint density at radius 3 is 2.45 bits per heavy atom. The molecule has 5 heteroatoms. The molecule has 2 amide bonds. The lowest BCUT2D eigenvalue weighted by Gasteiger charge is -2.28. The molecule has 0 bridgehead atoms. The summed E-state index contributed by atoms with van der Waals surface area (Å²) in [5, 5.41) is 9.18. The van der Waals surface area contributed by atoms with E-state index in [9.17, 15) is 9.59 Å². The predicted octanol–water partition coefficient (Wildman–Crippen LogP) is 1.04. The van der Waals surface area contributed by atoms with Crippen molar-refractivity contribution in [2.45, 2.75) is 59.0 Å². The molecule has 1 aliphatic heterocycles. The lowest BCUT2D eigenvalue weighted by atomic mass is 10.0. The standard InChI is InChI=1S/C15H29N3O2/c1-10(2)8-13(19)18-14(11(3)4)15(20)17-12-6-5-7-16-9-12/h10-12,14,16H,5-9H2,1-4H3,(H,17,20)(H,18,19)/t12-,14?/m0/s1. The Bertz CT molecular complexity index is 323. The Labute approximate surface area is 122 Å². The smallest absolute Gasteiger partial charge is 0.243 e. The van der Waals surface area contributed by atoms with Crippen LogP contribution in [-0.2, 0) is 9.59 Å². The highest BCUT2D eigenvalue weighted by Crippen LogP contribution is 2.07. The summed E-state index contributed by atoms with van der Waals surface area (Å²) in [4.78, 5) is 24.2. The van der Waals surface area contributed by atoms with E-state index in [1.54, 1.807) is 0 Å². The van der Waals surface area contributed by atoms with Crippen LogP contribution in [0.1, 0.15) is 47.0 Å². The molecule has 1 heterocycles. The van der Waals surface area contributed by atoms with Gasteiger partial charge in [0.2, 0.25) is 11.8 Å². The normalized spacial score (nSPS) is 20.8. The monoisotopic (exact) mass is 283 g/mol. The van der Waals surface area contributed by atoms with Gasteiger partial charge in [-0.1, -0.05) is 27.7 Å². The quantitative estimate of drug-likeness (QED) is 0.682. The van der Waals surface area contributed by atoms with Crippen molar-refractivity contribution in [1.29, 1.82) is 0 Å². The van der Waals surface area contributed by atoms with E-state index >= 15 is 0 Å². The van der Waals surface area contributed by atoms with E-state index in [0.717, 1.165) is 25.9 Å². The van der Waals surface area contributed by atoms with Crippen LogP contribution in [0.5, 0.6) is 0 Å². The van der Waals surface area contributed by atoms with Gasteiger partial charge in [-0.3, -0.25) is 9.59 Å². The molecule has 0 spiro atoms. The first kappa shape index (κ1) is 17.0. The van der Waals surface area contributed by atoms with Crippen LogP contribution in [0.15, 0.2) is 0 Å². The lowest BCUT2D eigenvalue weighted by Crippen LogP contribution is -2.54. The molecule has 0 aromatic carbocycles. The molecule has 1 fully saturated rings. The molecule has 1 saturated heterocycles. The van der Waals surface area contributed by atoms with Gasteiger partial charge < -0.3 is 16.0 Å². The zero-order valence-electron chi connectivity index (χ0n) is 13.2. The summed E-state index contributed by atoms with van der Waals surface area (Å²) in [6, 6.07) is -0.261. The molecule has 1 aliphatic rings. The molecule has 0 saturated carbocycles. The number of carbonyl (C=O) groups is 2. The maximum Gasteiger partial charge on any atom is 0.243 e. The van der Waals surface area contributed by atoms with Crippen molar-refractivity contribution in [3.63, 3.8) is 0 Å². The fourth-order valence-corrected chi connectivity index (χ4v) is 2.40. The van der Waals surface area contributed by atoms with Gasteiger partial charge in [-0.25, -0.2) is 0 Å². The third-order valence-electron chi connectivity index (χ3n) is 3.50. The van der Waals surface area contributed by atoms with E-state index in [4.69, 9.17) is 0 Å². The number of amides is 2. The van der Waals surface area contributed by atoms with Crippen molar-refractivity contribution < 1.29 is 9.59 Å². The van der Waals surface area contributed by atoms with Gasteiger partial charge in [0.05, 0.1) is 0 Å². The average molecular weight is 283 g/mol. The third kappa shape index (κ3) is 5.90. The number of hydrogen-bond donors (Lipinski definition) is 3. The zero-order chi connectivity index (χ0) is 15.1. The second kappa shape index (κ2) is 8.25. The number of rotatable bonds is 6. The first-order chi connectivity index (χ1) is 9.40. The predicted molar refractivity (Wildman–Crippen MR) is 80.3 cm³/mol. The molecule has 1 rings (SSSR count). The van der Waals surface area contributed by atoms with Gasteiger partial charge in [0.25, 0.3) is 0 Å². The molecule has 2 atom stereocenters. The summed E-state index contributed by atoms with van der Waals surface area (Å²) in [5.74, 6) is 0.275. The van der Waals surface area contributed by atoms with E-state index in [2.05, 4.69) is 16.0 Å². The fraction of sp³-hybridized carbons (Fsp3) is 0.867. The second-order valence-corrected chi connectivity index (χ2v) is 6.44. The van der Waals surface area contributed by atoms with E-state index < -0.39 is 6.04 Å². The molecule has 20 heavy (non-hydrogen) atoms. The van der Waals surface area contributed by atoms with Gasteiger partial charge in [-0.15, -0.1) is 0 Å². The van der Waals surface area contributed by atoms with Crippen LogP contribution in [0.25, 0.3) is 0 Å². The number of piperidine rings is 1. The fourth-order valence-electron chi connectivity index (χ4n) is 2.40. The largest absolute Gasteiger partial charge is 0.350 e. The third-order valence-corrected chi connectivity index (χ3v) is 3.50. The number of hydrogen-bond acceptors (Lipinski definition) is 3. The molecule has 0 radical (unpaired) electrons. The highest BCUT2D eigenvalue weighted by atomic mass is 16.2. The van der Waals surface area contributed by atoms with Crippen molar-refractivity contribution in [1.82, 2.24) is 16.0 Å². The Morgan fingerprint density at radius 1 is 1.25 bits per heavy atom. The minimum Gasteiger partial charge on any atom is -0.350 e. The van der Waals surface area contributed by atoms with Crippen LogP contribution >= 0.6 is 0 Å². The average Bonchev–Trinajstić information content (AvgIpc) is 2.35. The van der Waals surface area contributed by atoms with Crippen LogP contribution in [0.2, 0.25) is 0 Å². The minimum atomic E-state index is -0.442. The molecule has 0 aliphatic carbocycles. The molecular formula is C15H29N3O2. The molecular weight excluding hydrogens is 254 g/mol. The van der Waals surface area contributed by atoms with Crippen molar-refractivity contribution in [2.75, 3.05) is 13.1 Å². The highest BCUT2D eigenvalue weighted by molar-refractivity contribution is 5.88. The van der Waals surface area contributed by atoms with Gasteiger partial charge in [-0.05, 0) is 31.2 Å². The molecule has 0 aromatic heterocycles. The molecule has 1 unspecified atom stereocenters. The van der Waals surface area contributed by atoms with E-state index in [-0.39, 0.29) is 23.8 Å². The van der Waals surface area contributed by atoms with Gasteiger partial charge in [-0.2, -0.15) is 0 Å². The zero-order valence-corrected chi connectivity index (χ0v) is 13.2. The number of nitrogens with one attached hydrogen (secondary N) is 3. The summed E-state index contributed by atoms with van der Waals surface area (Å²) in [6.07, 6.45) is 2.54. The van der Waals surface area contributed by atoms with E-state index in [1.807, 2.05) is 27.7 Å². The summed E-state index contributed by atoms with van der Waals surface area (Å²) < 4.78 is 0. The Hall–Kier alpha value is -1.10. The maximum atomic E-state index is 12.3. The molecule has 3 N–H and O–H groups in total. The van der Waals surface area contributed by atoms with Crippen LogP contribution in [0.4, 0.5) is 0 Å². The van der Waals surface area contributed by atoms with Gasteiger partial charge in [0, 0.05) is 19.0 Å². The first-order valence-corrected chi connectivity index (χ1v) is 7.70. The summed E-state index contributed by atoms with van der Waals surface area (Å²) in [5.41, 5.74) is 0. The summed E-state index contributed by atoms with van der Waals surface area (Å²) in [6.45, 7) is 9.75. The minimum absolute atomic E-state index is 0.0457. The van der Waals surface area contributed by atoms with Gasteiger partial charge in [0.15, 0.2) is 0 Å². The SMILES string of the molecule is CC(C)CC(=O)NC(C(=O)N[C@H]1CCCNC1)C(C)C. The van der Waals surface area contributed by atoms with E-state index in [0.29, 0.717) is 12.3 Å². The topological polar surface area (TPSA) is 70.2 Å². The lowest BCUT2D eigenvalue weighted by molar-refractivity contribution is -0.130. The van der Waals surface area contributed by atoms with Crippen LogP contribution < -0.4 is 16.0 Å². The van der Waals surface area contributed by atoms with Gasteiger partial charge in [0.1, 0.15) is 6.04 Å². The van der Waals surface area contributed by atoms with Crippen molar-refractivity contribution in [3.05, 3.63) is 0 Å². The van der Waals surface area contributed by atoms with Crippen LogP contribution in [0.3, 0.4) is 0 Å². The highest BCUT2D eigenvalue weighted by Gasteiger charge is 2.26. The van der Waals surface area contributed by atoms with Crippen molar-refractivity contribution >= 4 is 11.8 Å². The first-order valence-electron chi connectivity index (χ1n) is 7.70. The van der Waals surface area contributed by atoms with Gasteiger partial charge >= 0.3 is 0 Å². The number of carbonyl (C=O) groups excluding carboxylic acids is 2. The summed E-state index contributed by atoms with van der Waals surface area (Å²) >= 11 is 0. The van der Waals surface area contributed by atoms with Crippen LogP contribution in [-0.4, -0.2) is 37.0 Å². The molecule has 5 nitrogen and oxygen atoms in total. The van der Waals surface area contributed by atoms with Crippen molar-refractivity contribution in [2.24, 2.45) is 11.8 Å². The Morgan fingerprint density at radius 2 is 1.95 bits per heavy atom. The Kier molecular flexibility index (Phi) is 6.99. The molecule has 116 valence electrons. The Balaban J connectivity index is 2.51.